The third-order valence-electron chi connectivity index (χ3n) is 5.42. The summed E-state index contributed by atoms with van der Waals surface area (Å²) in [6, 6.07) is 7.29. The molecule has 162 valence electrons. The van der Waals surface area contributed by atoms with Gasteiger partial charge in [-0.3, -0.25) is 4.79 Å². The second-order valence-electron chi connectivity index (χ2n) is 7.41. The van der Waals surface area contributed by atoms with Gasteiger partial charge in [0.1, 0.15) is 11.8 Å². The van der Waals surface area contributed by atoms with Gasteiger partial charge in [0, 0.05) is 17.3 Å². The lowest BCUT2D eigenvalue weighted by Gasteiger charge is -2.32. The van der Waals surface area contributed by atoms with Crippen molar-refractivity contribution in [3.63, 3.8) is 0 Å². The molecular formula is C22H27NO5S2. The number of carbonyl (C=O) groups excluding carboxylic acids is 1. The number of sulfonamides is 1. The first-order valence-corrected chi connectivity index (χ1v) is 12.1. The minimum atomic E-state index is -3.92. The fourth-order valence-corrected chi connectivity index (χ4v) is 6.43. The third kappa shape index (κ3) is 4.45. The van der Waals surface area contributed by atoms with Gasteiger partial charge in [0.15, 0.2) is 0 Å². The summed E-state index contributed by atoms with van der Waals surface area (Å²) in [6.45, 7) is 6.12. The maximum Gasteiger partial charge on any atom is 0.324 e. The zero-order valence-corrected chi connectivity index (χ0v) is 19.1. The van der Waals surface area contributed by atoms with Crippen LogP contribution in [0.5, 0.6) is 5.75 Å². The molecule has 0 fully saturated rings. The molecule has 0 saturated heterocycles. The molecule has 6 nitrogen and oxygen atoms in total. The Hall–Kier alpha value is -2.16. The van der Waals surface area contributed by atoms with Gasteiger partial charge in [-0.2, -0.15) is 4.31 Å². The fraction of sp³-hybridized carbons (Fsp3) is 0.409. The molecule has 0 spiro atoms. The highest BCUT2D eigenvalue weighted by Crippen LogP contribution is 2.39. The van der Waals surface area contributed by atoms with E-state index in [1.807, 2.05) is 18.4 Å². The van der Waals surface area contributed by atoms with Crippen LogP contribution < -0.4 is 4.74 Å². The van der Waals surface area contributed by atoms with E-state index in [0.29, 0.717) is 25.0 Å². The summed E-state index contributed by atoms with van der Waals surface area (Å²) in [5.74, 6) is -0.278. The second-order valence-corrected chi connectivity index (χ2v) is 10.3. The minimum absolute atomic E-state index is 0.126. The molecule has 2 heterocycles. The van der Waals surface area contributed by atoms with Crippen LogP contribution in [-0.4, -0.2) is 45.5 Å². The highest BCUT2D eigenvalue weighted by molar-refractivity contribution is 7.89. The van der Waals surface area contributed by atoms with E-state index in [1.54, 1.807) is 23.5 Å². The highest BCUT2D eigenvalue weighted by atomic mass is 32.2. The van der Waals surface area contributed by atoms with Gasteiger partial charge in [-0.05, 0) is 67.5 Å². The zero-order chi connectivity index (χ0) is 21.9. The van der Waals surface area contributed by atoms with Crippen LogP contribution in [0, 0.1) is 0 Å². The van der Waals surface area contributed by atoms with Crippen LogP contribution in [0.15, 0.2) is 52.8 Å². The Labute approximate surface area is 182 Å². The van der Waals surface area contributed by atoms with E-state index in [-0.39, 0.29) is 17.4 Å². The van der Waals surface area contributed by atoms with Crippen molar-refractivity contribution in [3.8, 4) is 5.75 Å². The van der Waals surface area contributed by atoms with Crippen LogP contribution in [0.4, 0.5) is 0 Å². The van der Waals surface area contributed by atoms with Gasteiger partial charge >= 0.3 is 5.97 Å². The van der Waals surface area contributed by atoms with Gasteiger partial charge in [0.05, 0.1) is 19.1 Å². The molecule has 1 aliphatic rings. The number of hydrogen-bond donors (Lipinski definition) is 0. The number of rotatable bonds is 7. The number of methoxy groups -OCH3 is 2. The van der Waals surface area contributed by atoms with E-state index in [2.05, 4.69) is 6.58 Å². The number of hydrogen-bond acceptors (Lipinski definition) is 6. The molecule has 0 radical (unpaired) electrons. The first-order chi connectivity index (χ1) is 14.3. The fourth-order valence-electron chi connectivity index (χ4n) is 3.88. The number of thiophene rings is 1. The SMILES string of the molecule is C=C(C)CC[C@@H]1c2ccsc2CCN(S(=O)(=O)c2ccc(OC)cc2)[C@H]1C(=O)OC. The molecule has 1 aromatic carbocycles. The molecule has 30 heavy (non-hydrogen) atoms. The van der Waals surface area contributed by atoms with Crippen molar-refractivity contribution in [2.45, 2.75) is 43.0 Å². The molecule has 8 heteroatoms. The normalized spacial score (nSPS) is 19.6. The maximum atomic E-state index is 13.6. The van der Waals surface area contributed by atoms with Crippen molar-refractivity contribution in [1.82, 2.24) is 4.31 Å². The van der Waals surface area contributed by atoms with Gasteiger partial charge in [0.25, 0.3) is 0 Å². The summed E-state index contributed by atoms with van der Waals surface area (Å²) in [5.41, 5.74) is 2.02. The quantitative estimate of drug-likeness (QED) is 0.472. The zero-order valence-electron chi connectivity index (χ0n) is 17.5. The van der Waals surface area contributed by atoms with Crippen molar-refractivity contribution >= 4 is 27.3 Å². The van der Waals surface area contributed by atoms with Crippen LogP contribution in [0.1, 0.15) is 36.1 Å². The molecule has 1 aliphatic heterocycles. The average molecular weight is 450 g/mol. The summed E-state index contributed by atoms with van der Waals surface area (Å²) in [4.78, 5) is 14.2. The lowest BCUT2D eigenvalue weighted by Crippen LogP contribution is -2.48. The first-order valence-electron chi connectivity index (χ1n) is 9.74. The first kappa shape index (κ1) is 22.5. The molecule has 3 rings (SSSR count). The lowest BCUT2D eigenvalue weighted by molar-refractivity contribution is -0.146. The summed E-state index contributed by atoms with van der Waals surface area (Å²) in [5, 5.41) is 2.00. The molecule has 2 aromatic rings. The maximum absolute atomic E-state index is 13.6. The summed E-state index contributed by atoms with van der Waals surface area (Å²) < 4.78 is 38.7. The number of allylic oxidation sites excluding steroid dienone is 1. The largest absolute Gasteiger partial charge is 0.497 e. The lowest BCUT2D eigenvalue weighted by atomic mass is 9.87. The Balaban J connectivity index is 2.08. The molecule has 0 unspecified atom stereocenters. The predicted octanol–water partition coefficient (Wildman–Crippen LogP) is 3.99. The molecule has 2 atom stereocenters. The highest BCUT2D eigenvalue weighted by Gasteiger charge is 2.44. The van der Waals surface area contributed by atoms with Crippen LogP contribution >= 0.6 is 11.3 Å². The molecule has 1 aromatic heterocycles. The number of fused-ring (bicyclic) bond motifs is 1. The summed E-state index contributed by atoms with van der Waals surface area (Å²) in [7, 11) is -1.10. The average Bonchev–Trinajstić information content (AvgIpc) is 3.13. The van der Waals surface area contributed by atoms with E-state index in [4.69, 9.17) is 9.47 Å². The molecule has 0 amide bonds. The summed E-state index contributed by atoms with van der Waals surface area (Å²) >= 11 is 1.60. The smallest absolute Gasteiger partial charge is 0.324 e. The number of ether oxygens (including phenoxy) is 2. The van der Waals surface area contributed by atoms with Gasteiger partial charge in [-0.25, -0.2) is 8.42 Å². The summed E-state index contributed by atoms with van der Waals surface area (Å²) in [6.07, 6.45) is 1.87. The van der Waals surface area contributed by atoms with Crippen molar-refractivity contribution < 1.29 is 22.7 Å². The second kappa shape index (κ2) is 9.32. The van der Waals surface area contributed by atoms with Crippen molar-refractivity contribution in [3.05, 3.63) is 58.3 Å². The van der Waals surface area contributed by atoms with Gasteiger partial charge in [-0.1, -0.05) is 5.57 Å². The Morgan fingerprint density at radius 3 is 2.53 bits per heavy atom. The molecular weight excluding hydrogens is 422 g/mol. The standard InChI is InChI=1S/C22H27NO5S2/c1-15(2)5-10-19-18-12-14-29-20(18)11-13-23(21(19)22(24)28-4)30(25,26)17-8-6-16(27-3)7-9-17/h6-9,12,14,19,21H,1,5,10-11,13H2,2-4H3/t19-,21-/m1/s1. The number of carbonyl (C=O) groups is 1. The predicted molar refractivity (Wildman–Crippen MR) is 118 cm³/mol. The Morgan fingerprint density at radius 1 is 1.23 bits per heavy atom. The molecule has 0 bridgehead atoms. The monoisotopic (exact) mass is 449 g/mol. The molecule has 0 saturated carbocycles. The third-order valence-corrected chi connectivity index (χ3v) is 8.31. The Kier molecular flexibility index (Phi) is 7.00. The van der Waals surface area contributed by atoms with E-state index in [0.717, 1.165) is 16.0 Å². The number of benzene rings is 1. The van der Waals surface area contributed by atoms with Gasteiger partial charge < -0.3 is 9.47 Å². The van der Waals surface area contributed by atoms with Gasteiger partial charge in [-0.15, -0.1) is 17.9 Å². The topological polar surface area (TPSA) is 72.9 Å². The van der Waals surface area contributed by atoms with E-state index in [9.17, 15) is 13.2 Å². The Morgan fingerprint density at radius 2 is 1.93 bits per heavy atom. The van der Waals surface area contributed by atoms with Gasteiger partial charge in [0.2, 0.25) is 10.0 Å². The van der Waals surface area contributed by atoms with E-state index in [1.165, 1.54) is 30.7 Å². The van der Waals surface area contributed by atoms with Crippen LogP contribution in [0.3, 0.4) is 0 Å². The van der Waals surface area contributed by atoms with Crippen LogP contribution in [0.25, 0.3) is 0 Å². The number of nitrogens with zero attached hydrogens (tertiary/aromatic N) is 1. The minimum Gasteiger partial charge on any atom is -0.497 e. The van der Waals surface area contributed by atoms with E-state index < -0.39 is 22.0 Å². The Bertz CT molecular complexity index is 1010. The van der Waals surface area contributed by atoms with Crippen LogP contribution in [0.2, 0.25) is 0 Å². The van der Waals surface area contributed by atoms with E-state index >= 15 is 0 Å². The molecule has 0 aliphatic carbocycles. The van der Waals surface area contributed by atoms with Crippen molar-refractivity contribution in [2.24, 2.45) is 0 Å². The van der Waals surface area contributed by atoms with Crippen LogP contribution in [-0.2, 0) is 26.0 Å². The number of esters is 1. The van der Waals surface area contributed by atoms with Crippen molar-refractivity contribution in [2.75, 3.05) is 20.8 Å². The van der Waals surface area contributed by atoms with Crippen molar-refractivity contribution in [1.29, 1.82) is 0 Å². The molecule has 0 N–H and O–H groups in total.